The van der Waals surface area contributed by atoms with Gasteiger partial charge in [-0.05, 0) is 42.2 Å². The number of hydrogen-bond acceptors (Lipinski definition) is 5. The zero-order valence-corrected chi connectivity index (χ0v) is 13.7. The van der Waals surface area contributed by atoms with E-state index in [2.05, 4.69) is 6.92 Å². The second-order valence-corrected chi connectivity index (χ2v) is 6.81. The van der Waals surface area contributed by atoms with Crippen LogP contribution >= 0.6 is 11.3 Å². The predicted octanol–water partition coefficient (Wildman–Crippen LogP) is 2.00. The Morgan fingerprint density at radius 2 is 2.27 bits per heavy atom. The smallest absolute Gasteiger partial charge is 0.335 e. The molecule has 0 aromatic carbocycles. The van der Waals surface area contributed by atoms with Crippen LogP contribution in [-0.4, -0.2) is 48.2 Å². The van der Waals surface area contributed by atoms with Crippen molar-refractivity contribution in [1.29, 1.82) is 0 Å². The highest BCUT2D eigenvalue weighted by Crippen LogP contribution is 2.35. The Morgan fingerprint density at radius 1 is 1.45 bits per heavy atom. The fourth-order valence-corrected chi connectivity index (χ4v) is 4.19. The highest BCUT2D eigenvalue weighted by atomic mass is 32.1. The van der Waals surface area contributed by atoms with E-state index in [1.807, 2.05) is 21.7 Å². The van der Waals surface area contributed by atoms with E-state index in [4.69, 9.17) is 9.47 Å². The number of hydrogen-bond donors (Lipinski definition) is 0. The molecule has 0 radical (unpaired) electrons. The van der Waals surface area contributed by atoms with Crippen molar-refractivity contribution in [3.63, 3.8) is 0 Å². The number of esters is 1. The summed E-state index contributed by atoms with van der Waals surface area (Å²) in [6.07, 6.45) is 2.16. The molecule has 2 saturated heterocycles. The molecule has 2 aliphatic rings. The third-order valence-electron chi connectivity index (χ3n) is 4.61. The molecular weight excluding hydrogens is 302 g/mol. The highest BCUT2D eigenvalue weighted by molar-refractivity contribution is 7.07. The maximum absolute atomic E-state index is 12.7. The Bertz CT molecular complexity index is 544. The maximum atomic E-state index is 12.7. The molecule has 5 nitrogen and oxygen atoms in total. The lowest BCUT2D eigenvalue weighted by Gasteiger charge is -2.41. The van der Waals surface area contributed by atoms with Crippen molar-refractivity contribution in [3.05, 3.63) is 22.4 Å². The monoisotopic (exact) mass is 323 g/mol. The van der Waals surface area contributed by atoms with Gasteiger partial charge in [-0.15, -0.1) is 0 Å². The van der Waals surface area contributed by atoms with Crippen molar-refractivity contribution in [2.24, 2.45) is 0 Å². The molecule has 1 aromatic heterocycles. The Morgan fingerprint density at radius 3 is 2.95 bits per heavy atom. The summed E-state index contributed by atoms with van der Waals surface area (Å²) in [6.45, 7) is 2.08. The van der Waals surface area contributed by atoms with Gasteiger partial charge in [-0.3, -0.25) is 4.79 Å². The summed E-state index contributed by atoms with van der Waals surface area (Å²) >= 11 is 1.60. The van der Waals surface area contributed by atoms with Crippen molar-refractivity contribution in [1.82, 2.24) is 4.90 Å². The standard InChI is InChI=1S/C16H21NO4S/c1-10-3-4-13-12(8-14(21-13)16(19)20-2)17(10)15(18)7-11-5-6-22-9-11/h5-6,9-10,12-14H,3-4,7-8H2,1-2H3/t10-,12+,13+,14-/m0/s1. The molecule has 1 amide bonds. The second kappa shape index (κ2) is 6.38. The molecule has 0 unspecified atom stereocenters. The van der Waals surface area contributed by atoms with E-state index >= 15 is 0 Å². The second-order valence-electron chi connectivity index (χ2n) is 6.03. The van der Waals surface area contributed by atoms with Gasteiger partial charge in [0, 0.05) is 12.5 Å². The van der Waals surface area contributed by atoms with Gasteiger partial charge in [0.25, 0.3) is 0 Å². The lowest BCUT2D eigenvalue weighted by molar-refractivity contribution is -0.154. The van der Waals surface area contributed by atoms with Crippen LogP contribution in [-0.2, 0) is 25.5 Å². The molecule has 1 aromatic rings. The molecule has 6 heteroatoms. The van der Waals surface area contributed by atoms with E-state index in [0.717, 1.165) is 18.4 Å². The van der Waals surface area contributed by atoms with Gasteiger partial charge in [0.15, 0.2) is 6.10 Å². The largest absolute Gasteiger partial charge is 0.467 e. The molecule has 0 bridgehead atoms. The first-order valence-electron chi connectivity index (χ1n) is 7.65. The average Bonchev–Trinajstić information content (AvgIpc) is 3.15. The molecule has 0 spiro atoms. The topological polar surface area (TPSA) is 55.8 Å². The van der Waals surface area contributed by atoms with Crippen LogP contribution in [0.2, 0.25) is 0 Å². The van der Waals surface area contributed by atoms with Gasteiger partial charge in [-0.2, -0.15) is 11.3 Å². The molecule has 22 heavy (non-hydrogen) atoms. The highest BCUT2D eigenvalue weighted by Gasteiger charge is 2.47. The van der Waals surface area contributed by atoms with Gasteiger partial charge in [0.2, 0.25) is 5.91 Å². The van der Waals surface area contributed by atoms with E-state index in [-0.39, 0.29) is 30.1 Å². The lowest BCUT2D eigenvalue weighted by atomic mass is 9.92. The molecule has 2 fully saturated rings. The van der Waals surface area contributed by atoms with Crippen molar-refractivity contribution in [3.8, 4) is 0 Å². The number of thiophene rings is 1. The van der Waals surface area contributed by atoms with Crippen LogP contribution in [0.3, 0.4) is 0 Å². The SMILES string of the molecule is COC(=O)[C@@H]1C[C@@H]2[C@@H](CC[C@H](C)N2C(=O)Cc2ccsc2)O1. The van der Waals surface area contributed by atoms with E-state index in [1.165, 1.54) is 7.11 Å². The zero-order valence-electron chi connectivity index (χ0n) is 12.9. The molecule has 3 rings (SSSR count). The van der Waals surface area contributed by atoms with E-state index in [1.54, 1.807) is 11.3 Å². The average molecular weight is 323 g/mol. The summed E-state index contributed by atoms with van der Waals surface area (Å²) in [6, 6.07) is 2.16. The zero-order chi connectivity index (χ0) is 15.7. The first-order chi connectivity index (χ1) is 10.6. The summed E-state index contributed by atoms with van der Waals surface area (Å²) < 4.78 is 10.6. The number of fused-ring (bicyclic) bond motifs is 1. The molecule has 2 aliphatic heterocycles. The molecule has 0 N–H and O–H groups in total. The molecule has 120 valence electrons. The lowest BCUT2D eigenvalue weighted by Crippen LogP contribution is -2.53. The summed E-state index contributed by atoms with van der Waals surface area (Å²) in [5.74, 6) is -0.220. The Balaban J connectivity index is 1.74. The predicted molar refractivity (Wildman–Crippen MR) is 82.6 cm³/mol. The fraction of sp³-hybridized carbons (Fsp3) is 0.625. The third kappa shape index (κ3) is 2.90. The van der Waals surface area contributed by atoms with Crippen molar-refractivity contribution in [2.75, 3.05) is 7.11 Å². The number of carbonyl (C=O) groups is 2. The van der Waals surface area contributed by atoms with Gasteiger partial charge in [0.1, 0.15) is 0 Å². The third-order valence-corrected chi connectivity index (χ3v) is 5.34. The number of likely N-dealkylation sites (tertiary alicyclic amines) is 1. The number of carbonyl (C=O) groups excluding carboxylic acids is 2. The number of amides is 1. The molecule has 4 atom stereocenters. The summed E-state index contributed by atoms with van der Waals surface area (Å²) in [4.78, 5) is 26.4. The number of methoxy groups -OCH3 is 1. The van der Waals surface area contributed by atoms with Gasteiger partial charge in [-0.25, -0.2) is 4.79 Å². The summed E-state index contributed by atoms with van der Waals surface area (Å²) in [7, 11) is 1.37. The Labute approximate surface area is 134 Å². The number of piperidine rings is 1. The number of nitrogens with zero attached hydrogens (tertiary/aromatic N) is 1. The van der Waals surface area contributed by atoms with Gasteiger partial charge in [0.05, 0.1) is 25.7 Å². The van der Waals surface area contributed by atoms with Crippen LogP contribution in [0, 0.1) is 0 Å². The molecule has 0 aliphatic carbocycles. The van der Waals surface area contributed by atoms with E-state index in [0.29, 0.717) is 12.8 Å². The first-order valence-corrected chi connectivity index (χ1v) is 8.60. The maximum Gasteiger partial charge on any atom is 0.335 e. The van der Waals surface area contributed by atoms with Gasteiger partial charge < -0.3 is 14.4 Å². The van der Waals surface area contributed by atoms with Gasteiger partial charge in [-0.1, -0.05) is 0 Å². The molecule has 3 heterocycles. The van der Waals surface area contributed by atoms with Crippen LogP contribution in [0.15, 0.2) is 16.8 Å². The minimum atomic E-state index is -0.540. The van der Waals surface area contributed by atoms with Crippen molar-refractivity contribution in [2.45, 2.75) is 56.9 Å². The first kappa shape index (κ1) is 15.5. The molecular formula is C16H21NO4S. The molecule has 0 saturated carbocycles. The number of rotatable bonds is 3. The van der Waals surface area contributed by atoms with Gasteiger partial charge >= 0.3 is 5.97 Å². The quantitative estimate of drug-likeness (QED) is 0.799. The number of ether oxygens (including phenoxy) is 2. The fourth-order valence-electron chi connectivity index (χ4n) is 3.53. The van der Waals surface area contributed by atoms with E-state index in [9.17, 15) is 9.59 Å². The normalized spacial score (nSPS) is 30.9. The van der Waals surface area contributed by atoms with Crippen molar-refractivity contribution >= 4 is 23.2 Å². The minimum absolute atomic E-state index is 0.0148. The van der Waals surface area contributed by atoms with Crippen LogP contribution in [0.5, 0.6) is 0 Å². The van der Waals surface area contributed by atoms with Crippen LogP contribution < -0.4 is 0 Å². The van der Waals surface area contributed by atoms with Crippen LogP contribution in [0.1, 0.15) is 31.7 Å². The Hall–Kier alpha value is -1.40. The minimum Gasteiger partial charge on any atom is -0.467 e. The van der Waals surface area contributed by atoms with Crippen molar-refractivity contribution < 1.29 is 19.1 Å². The Kier molecular flexibility index (Phi) is 4.49. The summed E-state index contributed by atoms with van der Waals surface area (Å²) in [5.41, 5.74) is 1.05. The summed E-state index contributed by atoms with van der Waals surface area (Å²) in [5, 5.41) is 3.99. The van der Waals surface area contributed by atoms with Crippen LogP contribution in [0.25, 0.3) is 0 Å². The van der Waals surface area contributed by atoms with E-state index < -0.39 is 6.10 Å². The van der Waals surface area contributed by atoms with Crippen LogP contribution in [0.4, 0.5) is 0 Å².